The van der Waals surface area contributed by atoms with E-state index in [1.807, 2.05) is 24.3 Å². The SMILES string of the molecule is CC(=O)Oc1ccc([Si](C)(C)C)cc1.[Na]. The second kappa shape index (κ2) is 5.85. The van der Waals surface area contributed by atoms with E-state index in [0.717, 1.165) is 0 Å². The predicted molar refractivity (Wildman–Crippen MR) is 66.5 cm³/mol. The molecule has 2 nitrogen and oxygen atoms in total. The molecule has 0 aliphatic carbocycles. The van der Waals surface area contributed by atoms with Crippen molar-refractivity contribution in [2.45, 2.75) is 26.6 Å². The molecule has 77 valence electrons. The smallest absolute Gasteiger partial charge is 0.308 e. The quantitative estimate of drug-likeness (QED) is 0.440. The molecule has 0 atom stereocenters. The van der Waals surface area contributed by atoms with Crippen molar-refractivity contribution in [1.82, 2.24) is 0 Å². The van der Waals surface area contributed by atoms with E-state index in [2.05, 4.69) is 19.6 Å². The van der Waals surface area contributed by atoms with Gasteiger partial charge in [0.2, 0.25) is 0 Å². The molecule has 0 heterocycles. The Morgan fingerprint density at radius 1 is 1.13 bits per heavy atom. The molecule has 0 saturated heterocycles. The minimum Gasteiger partial charge on any atom is -0.427 e. The monoisotopic (exact) mass is 231 g/mol. The molecule has 0 bridgehead atoms. The molecule has 0 aliphatic rings. The molecule has 0 amide bonds. The van der Waals surface area contributed by atoms with Crippen molar-refractivity contribution in [2.24, 2.45) is 0 Å². The fraction of sp³-hybridized carbons (Fsp3) is 0.364. The summed E-state index contributed by atoms with van der Waals surface area (Å²) in [6.07, 6.45) is 0. The van der Waals surface area contributed by atoms with Gasteiger partial charge in [0.25, 0.3) is 0 Å². The van der Waals surface area contributed by atoms with Gasteiger partial charge in [0, 0.05) is 36.5 Å². The van der Waals surface area contributed by atoms with E-state index in [0.29, 0.717) is 5.75 Å². The summed E-state index contributed by atoms with van der Waals surface area (Å²) in [4.78, 5) is 10.7. The Morgan fingerprint density at radius 2 is 1.60 bits per heavy atom. The minimum atomic E-state index is -1.24. The average molecular weight is 231 g/mol. The second-order valence-corrected chi connectivity index (χ2v) is 9.45. The number of hydrogen-bond donors (Lipinski definition) is 0. The van der Waals surface area contributed by atoms with E-state index in [9.17, 15) is 4.79 Å². The summed E-state index contributed by atoms with van der Waals surface area (Å²) in [5.74, 6) is 0.352. The standard InChI is InChI=1S/C11H16O2Si.Na/c1-9(12)13-10-5-7-11(8-6-10)14(2,3)4;/h5-8H,1-4H3;. The maximum Gasteiger partial charge on any atom is 0.308 e. The Labute approximate surface area is 114 Å². The van der Waals surface area contributed by atoms with Gasteiger partial charge in [-0.05, 0) is 12.1 Å². The van der Waals surface area contributed by atoms with Crippen molar-refractivity contribution in [2.75, 3.05) is 0 Å². The van der Waals surface area contributed by atoms with Crippen molar-refractivity contribution in [3.63, 3.8) is 0 Å². The molecule has 4 heteroatoms. The van der Waals surface area contributed by atoms with Crippen molar-refractivity contribution in [1.29, 1.82) is 0 Å². The van der Waals surface area contributed by atoms with Crippen LogP contribution < -0.4 is 9.92 Å². The number of rotatable bonds is 2. The molecule has 0 aromatic heterocycles. The van der Waals surface area contributed by atoms with Gasteiger partial charge in [-0.15, -0.1) is 0 Å². The van der Waals surface area contributed by atoms with Gasteiger partial charge in [-0.3, -0.25) is 4.79 Å². The third-order valence-corrected chi connectivity index (χ3v) is 4.05. The van der Waals surface area contributed by atoms with E-state index in [1.165, 1.54) is 12.1 Å². The normalized spacial score (nSPS) is 10.4. The second-order valence-electron chi connectivity index (χ2n) is 4.37. The van der Waals surface area contributed by atoms with Crippen molar-refractivity contribution >= 4 is 48.8 Å². The van der Waals surface area contributed by atoms with E-state index in [4.69, 9.17) is 4.74 Å². The first kappa shape index (κ1) is 14.9. The summed E-state index contributed by atoms with van der Waals surface area (Å²) in [5, 5.41) is 1.37. The molecule has 0 fully saturated rings. The summed E-state index contributed by atoms with van der Waals surface area (Å²) in [6, 6.07) is 7.80. The van der Waals surface area contributed by atoms with Crippen molar-refractivity contribution in [3.05, 3.63) is 24.3 Å². The van der Waals surface area contributed by atoms with E-state index in [-0.39, 0.29) is 35.5 Å². The molecule has 15 heavy (non-hydrogen) atoms. The molecule has 1 radical (unpaired) electrons. The van der Waals surface area contributed by atoms with Gasteiger partial charge in [0.1, 0.15) is 5.75 Å². The zero-order chi connectivity index (χ0) is 10.8. The van der Waals surface area contributed by atoms with Crippen LogP contribution in [0.5, 0.6) is 5.75 Å². The van der Waals surface area contributed by atoms with Crippen molar-refractivity contribution in [3.8, 4) is 5.75 Å². The maximum absolute atomic E-state index is 10.7. The molecule has 1 rings (SSSR count). The molecule has 0 saturated carbocycles. The predicted octanol–water partition coefficient (Wildman–Crippen LogP) is 1.78. The van der Waals surface area contributed by atoms with Gasteiger partial charge in [-0.2, -0.15) is 0 Å². The summed E-state index contributed by atoms with van der Waals surface area (Å²) >= 11 is 0. The van der Waals surface area contributed by atoms with Crippen LogP contribution in [0.4, 0.5) is 0 Å². The van der Waals surface area contributed by atoms with Crippen molar-refractivity contribution < 1.29 is 9.53 Å². The van der Waals surface area contributed by atoms with E-state index in [1.54, 1.807) is 0 Å². The van der Waals surface area contributed by atoms with Crippen LogP contribution in [-0.4, -0.2) is 43.6 Å². The Bertz CT molecular complexity index is 327. The Balaban J connectivity index is 0.00000196. The van der Waals surface area contributed by atoms with Crippen LogP contribution in [0.1, 0.15) is 6.92 Å². The molecular weight excluding hydrogens is 215 g/mol. The molecule has 0 N–H and O–H groups in total. The third kappa shape index (κ3) is 4.98. The molecule has 1 aromatic carbocycles. The topological polar surface area (TPSA) is 26.3 Å². The van der Waals surface area contributed by atoms with E-state index >= 15 is 0 Å². The van der Waals surface area contributed by atoms with Crippen LogP contribution in [-0.2, 0) is 4.79 Å². The first-order valence-corrected chi connectivity index (χ1v) is 8.18. The molecular formula is C11H16NaO2Si. The summed E-state index contributed by atoms with van der Waals surface area (Å²) in [5.41, 5.74) is 0. The fourth-order valence-corrected chi connectivity index (χ4v) is 2.36. The Hall–Kier alpha value is -0.0931. The molecule has 1 aromatic rings. The summed E-state index contributed by atoms with van der Waals surface area (Å²) < 4.78 is 4.96. The number of benzene rings is 1. The molecule has 0 unspecified atom stereocenters. The average Bonchev–Trinajstić information content (AvgIpc) is 2.02. The first-order chi connectivity index (χ1) is 6.39. The van der Waals surface area contributed by atoms with Gasteiger partial charge in [0.15, 0.2) is 0 Å². The molecule has 0 spiro atoms. The van der Waals surface area contributed by atoms with Crippen LogP contribution in [0.2, 0.25) is 19.6 Å². The van der Waals surface area contributed by atoms with Crippen LogP contribution in [0.25, 0.3) is 0 Å². The van der Waals surface area contributed by atoms with Crippen LogP contribution >= 0.6 is 0 Å². The maximum atomic E-state index is 10.7. The number of carbonyl (C=O) groups is 1. The van der Waals surface area contributed by atoms with E-state index < -0.39 is 8.07 Å². The zero-order valence-electron chi connectivity index (χ0n) is 10.1. The Morgan fingerprint density at radius 3 is 1.93 bits per heavy atom. The minimum absolute atomic E-state index is 0. The van der Waals surface area contributed by atoms with Gasteiger partial charge in [-0.1, -0.05) is 37.0 Å². The van der Waals surface area contributed by atoms with Gasteiger partial charge in [-0.25, -0.2) is 0 Å². The van der Waals surface area contributed by atoms with Crippen LogP contribution in [0.3, 0.4) is 0 Å². The van der Waals surface area contributed by atoms with Gasteiger partial charge >= 0.3 is 5.97 Å². The van der Waals surface area contributed by atoms with Crippen LogP contribution in [0.15, 0.2) is 24.3 Å². The number of hydrogen-bond acceptors (Lipinski definition) is 2. The molecule has 0 aliphatic heterocycles. The summed E-state index contributed by atoms with van der Waals surface area (Å²) in [6.45, 7) is 8.27. The zero-order valence-corrected chi connectivity index (χ0v) is 13.1. The van der Waals surface area contributed by atoms with Crippen LogP contribution in [0, 0.1) is 0 Å². The Kier molecular flexibility index (Phi) is 5.81. The number of ether oxygens (including phenoxy) is 1. The third-order valence-electron chi connectivity index (χ3n) is 1.98. The fourth-order valence-electron chi connectivity index (χ4n) is 1.19. The van der Waals surface area contributed by atoms with Gasteiger partial charge < -0.3 is 4.74 Å². The number of carbonyl (C=O) groups excluding carboxylic acids is 1. The number of esters is 1. The first-order valence-electron chi connectivity index (χ1n) is 4.68. The summed E-state index contributed by atoms with van der Waals surface area (Å²) in [7, 11) is -1.24. The largest absolute Gasteiger partial charge is 0.427 e. The van der Waals surface area contributed by atoms with Gasteiger partial charge in [0.05, 0.1) is 8.07 Å².